The van der Waals surface area contributed by atoms with Crippen LogP contribution >= 0.6 is 0 Å². The zero-order valence-electron chi connectivity index (χ0n) is 15.1. The lowest BCUT2D eigenvalue weighted by Gasteiger charge is -2.11. The van der Waals surface area contributed by atoms with E-state index < -0.39 is 17.5 Å². The molecule has 0 aliphatic heterocycles. The predicted octanol–water partition coefficient (Wildman–Crippen LogP) is 2.47. The zero-order valence-corrected chi connectivity index (χ0v) is 15.1. The topological polar surface area (TPSA) is 111 Å². The first-order valence-electron chi connectivity index (χ1n) is 8.61. The highest BCUT2D eigenvalue weighted by Gasteiger charge is 2.14. The van der Waals surface area contributed by atoms with E-state index in [1.807, 2.05) is 6.92 Å². The molecular weight excluding hydrogens is 368 g/mol. The molecule has 1 amide bonds. The van der Waals surface area contributed by atoms with Crippen molar-refractivity contribution in [3.8, 4) is 0 Å². The van der Waals surface area contributed by atoms with Gasteiger partial charge in [-0.15, -0.1) is 0 Å². The first-order valence-corrected chi connectivity index (χ1v) is 8.61. The van der Waals surface area contributed by atoms with Crippen molar-refractivity contribution in [3.05, 3.63) is 59.6 Å². The van der Waals surface area contributed by atoms with Gasteiger partial charge in [-0.25, -0.2) is 13.8 Å². The molecule has 0 saturated heterocycles. The molecule has 10 heteroatoms. The number of carbonyl (C=O) groups is 1. The number of nitrogens with zero attached hydrogens (tertiary/aromatic N) is 4. The van der Waals surface area contributed by atoms with Gasteiger partial charge in [0.15, 0.2) is 0 Å². The number of nitrogens with two attached hydrogens (primary N) is 1. The fourth-order valence-electron chi connectivity index (χ4n) is 2.56. The van der Waals surface area contributed by atoms with Gasteiger partial charge in [-0.2, -0.15) is 10.1 Å². The summed E-state index contributed by atoms with van der Waals surface area (Å²) in [6.07, 6.45) is 4.74. The molecule has 1 aromatic carbocycles. The third-order valence-electron chi connectivity index (χ3n) is 4.00. The number of hydrogen-bond donors (Lipinski definition) is 3. The highest BCUT2D eigenvalue weighted by atomic mass is 19.1. The van der Waals surface area contributed by atoms with Crippen LogP contribution in [-0.4, -0.2) is 32.2 Å². The third kappa shape index (κ3) is 4.40. The largest absolute Gasteiger partial charge is 0.369 e. The molecule has 3 aromatic rings. The van der Waals surface area contributed by atoms with E-state index in [1.165, 1.54) is 24.4 Å². The standard InChI is InChI=1S/C18H19F2N7O/c1-2-27-10-11(8-24-27)25-18-23-9-13(16(21)28)17(26-18)22-7-6-12-14(19)4-3-5-15(12)20/h3-5,8-10H,2,6-7H2,1H3,(H2,21,28)(H2,22,23,25,26). The van der Waals surface area contributed by atoms with Crippen molar-refractivity contribution in [2.24, 2.45) is 5.73 Å². The Bertz CT molecular complexity index is 970. The average molecular weight is 387 g/mol. The first-order chi connectivity index (χ1) is 13.5. The Morgan fingerprint density at radius 2 is 2.00 bits per heavy atom. The lowest BCUT2D eigenvalue weighted by atomic mass is 10.1. The number of hydrogen-bond acceptors (Lipinski definition) is 6. The maximum absolute atomic E-state index is 13.7. The monoisotopic (exact) mass is 387 g/mol. The molecule has 0 bridgehead atoms. The molecule has 0 aliphatic rings. The molecule has 8 nitrogen and oxygen atoms in total. The van der Waals surface area contributed by atoms with Crippen molar-refractivity contribution in [1.29, 1.82) is 0 Å². The second kappa shape index (κ2) is 8.42. The fourth-order valence-corrected chi connectivity index (χ4v) is 2.56. The minimum atomic E-state index is -0.718. The number of rotatable bonds is 8. The van der Waals surface area contributed by atoms with Crippen LogP contribution in [0.5, 0.6) is 0 Å². The van der Waals surface area contributed by atoms with E-state index >= 15 is 0 Å². The molecule has 2 aromatic heterocycles. The second-order valence-corrected chi connectivity index (χ2v) is 5.91. The van der Waals surface area contributed by atoms with Crippen LogP contribution in [0.3, 0.4) is 0 Å². The highest BCUT2D eigenvalue weighted by Crippen LogP contribution is 2.18. The molecule has 0 unspecified atom stereocenters. The number of anilines is 3. The predicted molar refractivity (Wildman–Crippen MR) is 100 cm³/mol. The summed E-state index contributed by atoms with van der Waals surface area (Å²) >= 11 is 0. The van der Waals surface area contributed by atoms with E-state index in [2.05, 4.69) is 25.7 Å². The van der Waals surface area contributed by atoms with Crippen molar-refractivity contribution in [2.75, 3.05) is 17.2 Å². The van der Waals surface area contributed by atoms with Gasteiger partial charge in [-0.05, 0) is 25.5 Å². The lowest BCUT2D eigenvalue weighted by Crippen LogP contribution is -2.18. The zero-order chi connectivity index (χ0) is 20.1. The normalized spacial score (nSPS) is 10.7. The number of nitrogens with one attached hydrogen (secondary N) is 2. The molecule has 0 spiro atoms. The molecule has 0 radical (unpaired) electrons. The minimum absolute atomic E-state index is 0.0463. The Hall–Kier alpha value is -3.56. The summed E-state index contributed by atoms with van der Waals surface area (Å²) in [5.74, 6) is -1.58. The number of aromatic nitrogens is 4. The van der Waals surface area contributed by atoms with E-state index in [9.17, 15) is 13.6 Å². The Labute approximate surface area is 159 Å². The summed E-state index contributed by atoms with van der Waals surface area (Å²) in [6, 6.07) is 3.68. The number of benzene rings is 1. The van der Waals surface area contributed by atoms with Crippen LogP contribution in [0.25, 0.3) is 0 Å². The summed E-state index contributed by atoms with van der Waals surface area (Å²) < 4.78 is 29.2. The molecular formula is C18H19F2N7O. The van der Waals surface area contributed by atoms with Gasteiger partial charge in [0.2, 0.25) is 5.95 Å². The van der Waals surface area contributed by atoms with E-state index in [1.54, 1.807) is 17.1 Å². The van der Waals surface area contributed by atoms with Gasteiger partial charge in [0.05, 0.1) is 17.4 Å². The van der Waals surface area contributed by atoms with Gasteiger partial charge in [0.25, 0.3) is 5.91 Å². The van der Waals surface area contributed by atoms with Crippen LogP contribution in [0.4, 0.5) is 26.2 Å². The second-order valence-electron chi connectivity index (χ2n) is 5.91. The summed E-state index contributed by atoms with van der Waals surface area (Å²) in [4.78, 5) is 19.9. The molecule has 0 aliphatic carbocycles. The van der Waals surface area contributed by atoms with Gasteiger partial charge in [-0.3, -0.25) is 9.48 Å². The van der Waals surface area contributed by atoms with E-state index in [4.69, 9.17) is 5.73 Å². The molecule has 28 heavy (non-hydrogen) atoms. The summed E-state index contributed by atoms with van der Waals surface area (Å²) in [5, 5.41) is 10.0. The quantitative estimate of drug-likeness (QED) is 0.548. The van der Waals surface area contributed by atoms with E-state index in [0.717, 1.165) is 0 Å². The maximum atomic E-state index is 13.7. The molecule has 0 atom stereocenters. The Kier molecular flexibility index (Phi) is 5.78. The van der Waals surface area contributed by atoms with Crippen LogP contribution in [0.2, 0.25) is 0 Å². The van der Waals surface area contributed by atoms with Gasteiger partial charge < -0.3 is 16.4 Å². The molecule has 0 fully saturated rings. The summed E-state index contributed by atoms with van der Waals surface area (Å²) in [7, 11) is 0. The smallest absolute Gasteiger partial charge is 0.254 e. The first kappa shape index (κ1) is 19.2. The van der Waals surface area contributed by atoms with E-state index in [-0.39, 0.29) is 35.9 Å². The number of amides is 1. The van der Waals surface area contributed by atoms with Crippen molar-refractivity contribution in [2.45, 2.75) is 19.9 Å². The lowest BCUT2D eigenvalue weighted by molar-refractivity contribution is 0.100. The van der Waals surface area contributed by atoms with Gasteiger partial charge >= 0.3 is 0 Å². The SMILES string of the molecule is CCn1cc(Nc2ncc(C(N)=O)c(NCCc3c(F)cccc3F)n2)cn1. The minimum Gasteiger partial charge on any atom is -0.369 e. The summed E-state index contributed by atoms with van der Waals surface area (Å²) in [6.45, 7) is 2.81. The Morgan fingerprint density at radius 1 is 1.25 bits per heavy atom. The van der Waals surface area contributed by atoms with Crippen LogP contribution < -0.4 is 16.4 Å². The van der Waals surface area contributed by atoms with E-state index in [0.29, 0.717) is 12.2 Å². The highest BCUT2D eigenvalue weighted by molar-refractivity contribution is 5.97. The van der Waals surface area contributed by atoms with Crippen molar-refractivity contribution >= 4 is 23.4 Å². The molecule has 146 valence electrons. The van der Waals surface area contributed by atoms with Gasteiger partial charge in [0, 0.05) is 31.0 Å². The van der Waals surface area contributed by atoms with Crippen LogP contribution in [0.1, 0.15) is 22.8 Å². The third-order valence-corrected chi connectivity index (χ3v) is 4.00. The number of aryl methyl sites for hydroxylation is 1. The van der Waals surface area contributed by atoms with Crippen molar-refractivity contribution in [3.63, 3.8) is 0 Å². The van der Waals surface area contributed by atoms with Crippen molar-refractivity contribution < 1.29 is 13.6 Å². The number of carbonyl (C=O) groups excluding carboxylic acids is 1. The van der Waals surface area contributed by atoms with Crippen LogP contribution in [-0.2, 0) is 13.0 Å². The number of primary amides is 1. The van der Waals surface area contributed by atoms with Gasteiger partial charge in [0.1, 0.15) is 17.5 Å². The summed E-state index contributed by atoms with van der Waals surface area (Å²) in [5.41, 5.74) is 6.06. The number of halogens is 2. The average Bonchev–Trinajstić information content (AvgIpc) is 3.11. The van der Waals surface area contributed by atoms with Gasteiger partial charge in [-0.1, -0.05) is 6.07 Å². The maximum Gasteiger partial charge on any atom is 0.254 e. The van der Waals surface area contributed by atoms with Crippen LogP contribution in [0.15, 0.2) is 36.8 Å². The molecule has 4 N–H and O–H groups in total. The Morgan fingerprint density at radius 3 is 2.64 bits per heavy atom. The van der Waals surface area contributed by atoms with Crippen molar-refractivity contribution in [1.82, 2.24) is 19.7 Å². The molecule has 0 saturated carbocycles. The van der Waals surface area contributed by atoms with Crippen LogP contribution in [0, 0.1) is 11.6 Å². The molecule has 3 rings (SSSR count). The molecule has 2 heterocycles. The fraction of sp³-hybridized carbons (Fsp3) is 0.222. The Balaban J connectivity index is 1.75.